The molecule has 0 fully saturated rings. The van der Waals surface area contributed by atoms with E-state index in [9.17, 15) is 4.79 Å². The molecule has 0 saturated heterocycles. The van der Waals surface area contributed by atoms with Crippen LogP contribution in [-0.4, -0.2) is 7.05 Å². The molecule has 1 aromatic rings. The van der Waals surface area contributed by atoms with E-state index in [1.807, 2.05) is 20.8 Å². The molecular weight excluding hydrogens is 158 g/mol. The van der Waals surface area contributed by atoms with E-state index < -0.39 is 5.82 Å². The van der Waals surface area contributed by atoms with Gasteiger partial charge >= 0.3 is 5.82 Å². The lowest BCUT2D eigenvalue weighted by Crippen LogP contribution is -2.11. The molecule has 1 heterocycles. The number of nitrogens with zero attached hydrogens (tertiary/aromatic N) is 1. The smallest absolute Gasteiger partial charge is 0.393 e. The van der Waals surface area contributed by atoms with Gasteiger partial charge in [0.25, 0.3) is 5.88 Å². The fourth-order valence-electron chi connectivity index (χ4n) is 0.894. The highest BCUT2D eigenvalue weighted by Gasteiger charge is 2.25. The van der Waals surface area contributed by atoms with Crippen molar-refractivity contribution in [2.24, 2.45) is 0 Å². The number of hydrogen-bond donors (Lipinski definition) is 0. The Morgan fingerprint density at radius 2 is 1.83 bits per heavy atom. The average Bonchev–Trinajstić information content (AvgIpc) is 2.29. The van der Waals surface area contributed by atoms with Gasteiger partial charge in [0, 0.05) is 12.5 Å². The van der Waals surface area contributed by atoms with Crippen LogP contribution >= 0.6 is 0 Å². The minimum absolute atomic E-state index is 0.249. The first-order valence-corrected chi connectivity index (χ1v) is 3.69. The molecule has 67 valence electrons. The van der Waals surface area contributed by atoms with Crippen LogP contribution in [0.25, 0.3) is 0 Å². The van der Waals surface area contributed by atoms with E-state index in [1.165, 1.54) is 0 Å². The monoisotopic (exact) mass is 170 g/mol. The summed E-state index contributed by atoms with van der Waals surface area (Å²) in [6.45, 7) is 5.78. The summed E-state index contributed by atoms with van der Waals surface area (Å²) in [5.41, 5.74) is -0.249. The molecule has 0 saturated carbocycles. The van der Waals surface area contributed by atoms with Crippen LogP contribution < -0.4 is 11.1 Å². The molecule has 4 heteroatoms. The summed E-state index contributed by atoms with van der Waals surface area (Å²) >= 11 is 0. The molecule has 0 bridgehead atoms. The predicted molar refractivity (Wildman–Crippen MR) is 43.7 cm³/mol. The fourth-order valence-corrected chi connectivity index (χ4v) is 0.894. The third-order valence-corrected chi connectivity index (χ3v) is 1.44. The highest BCUT2D eigenvalue weighted by Crippen LogP contribution is 2.28. The molecule has 0 aliphatic carbocycles. The van der Waals surface area contributed by atoms with Crippen LogP contribution in [0.3, 0.4) is 0 Å². The fraction of sp³-hybridized carbons (Fsp3) is 0.625. The molecule has 0 amide bonds. The maximum atomic E-state index is 10.7. The van der Waals surface area contributed by atoms with Gasteiger partial charge < -0.3 is 8.83 Å². The predicted octanol–water partition coefficient (Wildman–Crippen LogP) is 1.40. The van der Waals surface area contributed by atoms with Gasteiger partial charge in [-0.15, -0.1) is 0 Å². The average molecular weight is 170 g/mol. The summed E-state index contributed by atoms with van der Waals surface area (Å²) in [6, 6.07) is 0. The summed E-state index contributed by atoms with van der Waals surface area (Å²) in [5.74, 6) is 0.0861. The Labute approximate surface area is 70.6 Å². The minimum Gasteiger partial charge on any atom is -0.393 e. The van der Waals surface area contributed by atoms with Crippen molar-refractivity contribution in [1.82, 2.24) is 5.32 Å². The first kappa shape index (κ1) is 8.90. The molecule has 0 spiro atoms. The molecule has 0 aliphatic heterocycles. The maximum Gasteiger partial charge on any atom is 0.520 e. The highest BCUT2D eigenvalue weighted by molar-refractivity contribution is 5.30. The van der Waals surface area contributed by atoms with Gasteiger partial charge in [0.2, 0.25) is 0 Å². The zero-order chi connectivity index (χ0) is 9.35. The van der Waals surface area contributed by atoms with Crippen LogP contribution in [0.1, 0.15) is 26.5 Å². The second-order valence-electron chi connectivity index (χ2n) is 3.56. The van der Waals surface area contributed by atoms with Crippen molar-refractivity contribution in [1.29, 1.82) is 0 Å². The van der Waals surface area contributed by atoms with Crippen molar-refractivity contribution >= 4 is 5.88 Å². The standard InChI is InChI=1S/C8H12NO3/c1-8(2,3)5-6(9-4)12-7(10)11-5/h1-4H3. The molecule has 1 radical (unpaired) electrons. The lowest BCUT2D eigenvalue weighted by molar-refractivity contribution is 0.345. The summed E-state index contributed by atoms with van der Waals surface area (Å²) < 4.78 is 9.56. The van der Waals surface area contributed by atoms with Crippen molar-refractivity contribution in [3.63, 3.8) is 0 Å². The van der Waals surface area contributed by atoms with Gasteiger partial charge in [-0.1, -0.05) is 20.8 Å². The summed E-state index contributed by atoms with van der Waals surface area (Å²) in [4.78, 5) is 10.7. The van der Waals surface area contributed by atoms with Crippen molar-refractivity contribution in [3.8, 4) is 0 Å². The Morgan fingerprint density at radius 3 is 2.17 bits per heavy atom. The largest absolute Gasteiger partial charge is 0.520 e. The molecule has 0 aliphatic rings. The van der Waals surface area contributed by atoms with E-state index in [4.69, 9.17) is 8.83 Å². The first-order valence-electron chi connectivity index (χ1n) is 3.69. The Kier molecular flexibility index (Phi) is 2.00. The van der Waals surface area contributed by atoms with Crippen LogP contribution in [-0.2, 0) is 5.41 Å². The van der Waals surface area contributed by atoms with Gasteiger partial charge in [0.15, 0.2) is 5.76 Å². The van der Waals surface area contributed by atoms with Gasteiger partial charge in [-0.25, -0.2) is 4.79 Å². The zero-order valence-electron chi connectivity index (χ0n) is 7.67. The molecule has 0 N–H and O–H groups in total. The first-order chi connectivity index (χ1) is 5.45. The summed E-state index contributed by atoms with van der Waals surface area (Å²) in [7, 11) is 1.56. The van der Waals surface area contributed by atoms with Crippen molar-refractivity contribution in [3.05, 3.63) is 16.4 Å². The third-order valence-electron chi connectivity index (χ3n) is 1.44. The number of hydrogen-bond acceptors (Lipinski definition) is 3. The molecular formula is C8H12NO3. The lowest BCUT2D eigenvalue weighted by Gasteiger charge is -2.13. The Balaban J connectivity index is 3.23. The Morgan fingerprint density at radius 1 is 1.25 bits per heavy atom. The van der Waals surface area contributed by atoms with E-state index in [0.717, 1.165) is 0 Å². The molecule has 12 heavy (non-hydrogen) atoms. The quantitative estimate of drug-likeness (QED) is 0.640. The van der Waals surface area contributed by atoms with Gasteiger partial charge in [-0.2, -0.15) is 0 Å². The molecule has 0 unspecified atom stereocenters. The van der Waals surface area contributed by atoms with Gasteiger partial charge in [0.05, 0.1) is 0 Å². The molecule has 1 rings (SSSR count). The summed E-state index contributed by atoms with van der Waals surface area (Å²) in [6.07, 6.45) is 0. The highest BCUT2D eigenvalue weighted by atomic mass is 16.6. The van der Waals surface area contributed by atoms with E-state index in [0.29, 0.717) is 5.76 Å². The maximum absolute atomic E-state index is 10.7. The van der Waals surface area contributed by atoms with E-state index in [2.05, 4.69) is 5.32 Å². The molecule has 1 aromatic heterocycles. The van der Waals surface area contributed by atoms with Crippen molar-refractivity contribution in [2.75, 3.05) is 7.05 Å². The van der Waals surface area contributed by atoms with Gasteiger partial charge in [-0.3, -0.25) is 5.32 Å². The third kappa shape index (κ3) is 1.52. The summed E-state index contributed by atoms with van der Waals surface area (Å²) in [5, 5.41) is 3.80. The molecule has 0 aromatic carbocycles. The van der Waals surface area contributed by atoms with E-state index in [1.54, 1.807) is 7.05 Å². The molecule has 4 nitrogen and oxygen atoms in total. The molecule has 0 atom stereocenters. The van der Waals surface area contributed by atoms with Crippen LogP contribution in [0.5, 0.6) is 0 Å². The zero-order valence-corrected chi connectivity index (χ0v) is 7.67. The van der Waals surface area contributed by atoms with Crippen LogP contribution in [0.2, 0.25) is 0 Å². The Hall–Kier alpha value is -1.19. The van der Waals surface area contributed by atoms with Gasteiger partial charge in [-0.05, 0) is 0 Å². The van der Waals surface area contributed by atoms with Crippen molar-refractivity contribution in [2.45, 2.75) is 26.2 Å². The van der Waals surface area contributed by atoms with Crippen molar-refractivity contribution < 1.29 is 8.83 Å². The van der Waals surface area contributed by atoms with Crippen LogP contribution in [0.15, 0.2) is 13.6 Å². The minimum atomic E-state index is -0.694. The normalized spacial score (nSPS) is 11.7. The van der Waals surface area contributed by atoms with E-state index in [-0.39, 0.29) is 11.3 Å². The van der Waals surface area contributed by atoms with Crippen LogP contribution in [0, 0.1) is 0 Å². The van der Waals surface area contributed by atoms with E-state index >= 15 is 0 Å². The number of rotatable bonds is 1. The topological polar surface area (TPSA) is 57.5 Å². The van der Waals surface area contributed by atoms with Crippen LogP contribution in [0.4, 0.5) is 5.88 Å². The SMILES string of the molecule is C[N]c1oc(=O)oc1C(C)(C)C. The Bertz CT molecular complexity index is 316. The van der Waals surface area contributed by atoms with Gasteiger partial charge in [0.1, 0.15) is 0 Å². The second kappa shape index (κ2) is 2.69. The lowest BCUT2D eigenvalue weighted by atomic mass is 9.93. The second-order valence-corrected chi connectivity index (χ2v) is 3.56.